The van der Waals surface area contributed by atoms with E-state index in [1.165, 1.54) is 0 Å². The van der Waals surface area contributed by atoms with Crippen LogP contribution in [0, 0.1) is 0 Å². The van der Waals surface area contributed by atoms with Crippen molar-refractivity contribution in [2.75, 3.05) is 7.11 Å². The third kappa shape index (κ3) is 5.77. The number of methoxy groups -OCH3 is 1. The Balaban J connectivity index is 1.36. The minimum Gasteiger partial charge on any atom is -0.497 e. The lowest BCUT2D eigenvalue weighted by atomic mass is 10.2. The third-order valence-electron chi connectivity index (χ3n) is 5.55. The Hall–Kier alpha value is -4.36. The molecule has 0 unspecified atom stereocenters. The van der Waals surface area contributed by atoms with E-state index >= 15 is 0 Å². The van der Waals surface area contributed by atoms with Gasteiger partial charge in [0.05, 0.1) is 30.4 Å². The number of pyridine rings is 3. The highest BCUT2D eigenvalue weighted by Crippen LogP contribution is 2.27. The highest BCUT2D eigenvalue weighted by atomic mass is 16.5. The van der Waals surface area contributed by atoms with Crippen LogP contribution in [0.15, 0.2) is 102 Å². The van der Waals surface area contributed by atoms with E-state index in [1.54, 1.807) is 19.5 Å². The zero-order valence-corrected chi connectivity index (χ0v) is 19.4. The van der Waals surface area contributed by atoms with Gasteiger partial charge in [0.15, 0.2) is 5.76 Å². The van der Waals surface area contributed by atoms with Crippen molar-refractivity contribution < 1.29 is 9.15 Å². The molecule has 0 bridgehead atoms. The maximum absolute atomic E-state index is 6.07. The lowest BCUT2D eigenvalue weighted by molar-refractivity contribution is 0.239. The van der Waals surface area contributed by atoms with Crippen LogP contribution >= 0.6 is 0 Å². The molecule has 4 heterocycles. The molecular weight excluding hydrogens is 438 g/mol. The summed E-state index contributed by atoms with van der Waals surface area (Å²) >= 11 is 0. The van der Waals surface area contributed by atoms with Crippen molar-refractivity contribution in [1.29, 1.82) is 0 Å². The zero-order chi connectivity index (χ0) is 23.9. The van der Waals surface area contributed by atoms with Crippen LogP contribution in [-0.2, 0) is 19.6 Å². The van der Waals surface area contributed by atoms with E-state index in [9.17, 15) is 0 Å². The summed E-state index contributed by atoms with van der Waals surface area (Å²) in [6, 6.07) is 23.6. The number of benzene rings is 1. The summed E-state index contributed by atoms with van der Waals surface area (Å²) in [4.78, 5) is 20.4. The van der Waals surface area contributed by atoms with Crippen molar-refractivity contribution in [3.8, 4) is 28.5 Å². The first-order chi connectivity index (χ1) is 17.3. The molecule has 5 rings (SSSR count). The number of rotatable bonds is 9. The summed E-state index contributed by atoms with van der Waals surface area (Å²) < 4.78 is 11.3. The van der Waals surface area contributed by atoms with Gasteiger partial charge in [-0.25, -0.2) is 4.98 Å². The second kappa shape index (κ2) is 10.7. The molecule has 0 atom stereocenters. The first kappa shape index (κ1) is 22.4. The molecule has 5 aromatic rings. The lowest BCUT2D eigenvalue weighted by Gasteiger charge is -2.21. The Bertz CT molecular complexity index is 1310. The van der Waals surface area contributed by atoms with E-state index in [2.05, 4.69) is 24.8 Å². The lowest BCUT2D eigenvalue weighted by Crippen LogP contribution is -2.24. The molecule has 0 saturated heterocycles. The minimum atomic E-state index is 0.556. The van der Waals surface area contributed by atoms with Crippen LogP contribution in [0.25, 0.3) is 22.8 Å². The fourth-order valence-electron chi connectivity index (χ4n) is 3.83. The molecule has 0 aliphatic rings. The van der Waals surface area contributed by atoms with E-state index in [4.69, 9.17) is 9.15 Å². The molecule has 0 N–H and O–H groups in total. The van der Waals surface area contributed by atoms with Crippen LogP contribution < -0.4 is 4.74 Å². The summed E-state index contributed by atoms with van der Waals surface area (Å²) in [5.41, 5.74) is 4.73. The molecule has 1 aromatic carbocycles. The molecular formula is C28H25N5O2. The van der Waals surface area contributed by atoms with Crippen LogP contribution in [0.4, 0.5) is 0 Å². The van der Waals surface area contributed by atoms with Gasteiger partial charge in [0.25, 0.3) is 0 Å². The van der Waals surface area contributed by atoms with Crippen molar-refractivity contribution in [3.63, 3.8) is 0 Å². The molecule has 0 radical (unpaired) electrons. The molecule has 0 amide bonds. The Morgan fingerprint density at radius 2 is 1.34 bits per heavy atom. The van der Waals surface area contributed by atoms with Gasteiger partial charge in [0.2, 0.25) is 5.89 Å². The summed E-state index contributed by atoms with van der Waals surface area (Å²) in [6.45, 7) is 2.00. The van der Waals surface area contributed by atoms with Crippen LogP contribution in [0.2, 0.25) is 0 Å². The smallest absolute Gasteiger partial charge is 0.226 e. The maximum atomic E-state index is 6.07. The van der Waals surface area contributed by atoms with Crippen molar-refractivity contribution in [3.05, 3.63) is 115 Å². The number of ether oxygens (including phenoxy) is 1. The van der Waals surface area contributed by atoms with Gasteiger partial charge < -0.3 is 9.15 Å². The summed E-state index contributed by atoms with van der Waals surface area (Å²) in [5.74, 6) is 2.06. The molecule has 0 spiro atoms. The highest BCUT2D eigenvalue weighted by molar-refractivity contribution is 5.61. The predicted octanol–water partition coefficient (Wildman–Crippen LogP) is 5.40. The van der Waals surface area contributed by atoms with Crippen molar-refractivity contribution >= 4 is 0 Å². The van der Waals surface area contributed by atoms with Crippen LogP contribution in [-0.4, -0.2) is 31.9 Å². The summed E-state index contributed by atoms with van der Waals surface area (Å²) in [6.07, 6.45) is 7.17. The van der Waals surface area contributed by atoms with Gasteiger partial charge in [-0.3, -0.25) is 19.9 Å². The van der Waals surface area contributed by atoms with E-state index in [-0.39, 0.29) is 0 Å². The Labute approximate surface area is 204 Å². The van der Waals surface area contributed by atoms with Crippen molar-refractivity contribution in [2.45, 2.75) is 19.6 Å². The largest absolute Gasteiger partial charge is 0.497 e. The van der Waals surface area contributed by atoms with Crippen molar-refractivity contribution in [1.82, 2.24) is 24.8 Å². The van der Waals surface area contributed by atoms with Crippen LogP contribution in [0.1, 0.15) is 17.1 Å². The van der Waals surface area contributed by atoms with E-state index in [0.29, 0.717) is 31.3 Å². The monoisotopic (exact) mass is 463 g/mol. The normalized spacial score (nSPS) is 11.0. The summed E-state index contributed by atoms with van der Waals surface area (Å²) in [7, 11) is 1.65. The molecule has 0 aliphatic carbocycles. The van der Waals surface area contributed by atoms with Crippen LogP contribution in [0.3, 0.4) is 0 Å². The van der Waals surface area contributed by atoms with Gasteiger partial charge in [-0.15, -0.1) is 0 Å². The first-order valence-electron chi connectivity index (χ1n) is 11.3. The second-order valence-corrected chi connectivity index (χ2v) is 8.08. The van der Waals surface area contributed by atoms with Crippen molar-refractivity contribution in [2.24, 2.45) is 0 Å². The number of hydrogen-bond acceptors (Lipinski definition) is 7. The van der Waals surface area contributed by atoms with Gasteiger partial charge in [0, 0.05) is 49.4 Å². The average Bonchev–Trinajstić information content (AvgIpc) is 3.41. The molecule has 4 aromatic heterocycles. The van der Waals surface area contributed by atoms with Gasteiger partial charge >= 0.3 is 0 Å². The van der Waals surface area contributed by atoms with Crippen LogP contribution in [0.5, 0.6) is 5.75 Å². The fourth-order valence-corrected chi connectivity index (χ4v) is 3.83. The molecule has 0 saturated carbocycles. The predicted molar refractivity (Wildman–Crippen MR) is 133 cm³/mol. The standard InChI is InChI=1S/C28H25N5O2/c1-34-26-10-8-21(9-11-26)27-17-32-28(35-27)22-12-15-31-25(16-22)20-33(18-23-6-2-4-13-29-23)19-24-7-3-5-14-30-24/h2-17H,18-20H2,1H3. The van der Waals surface area contributed by atoms with Gasteiger partial charge in [0.1, 0.15) is 5.75 Å². The maximum Gasteiger partial charge on any atom is 0.226 e. The zero-order valence-electron chi connectivity index (χ0n) is 19.4. The van der Waals surface area contributed by atoms with E-state index < -0.39 is 0 Å². The number of aromatic nitrogens is 4. The van der Waals surface area contributed by atoms with Gasteiger partial charge in [-0.2, -0.15) is 0 Å². The molecule has 35 heavy (non-hydrogen) atoms. The highest BCUT2D eigenvalue weighted by Gasteiger charge is 2.14. The Morgan fingerprint density at radius 1 is 0.686 bits per heavy atom. The molecule has 0 aliphatic heterocycles. The first-order valence-corrected chi connectivity index (χ1v) is 11.3. The third-order valence-corrected chi connectivity index (χ3v) is 5.55. The van der Waals surface area contributed by atoms with E-state index in [1.807, 2.05) is 85.2 Å². The quantitative estimate of drug-likeness (QED) is 0.289. The topological polar surface area (TPSA) is 77.2 Å². The molecule has 7 heteroatoms. The molecule has 7 nitrogen and oxygen atoms in total. The molecule has 0 fully saturated rings. The fraction of sp³-hybridized carbons (Fsp3) is 0.143. The Kier molecular flexibility index (Phi) is 6.87. The van der Waals surface area contributed by atoms with Gasteiger partial charge in [-0.1, -0.05) is 12.1 Å². The Morgan fingerprint density at radius 3 is 1.97 bits per heavy atom. The minimum absolute atomic E-state index is 0.556. The average molecular weight is 464 g/mol. The van der Waals surface area contributed by atoms with E-state index in [0.717, 1.165) is 34.0 Å². The second-order valence-electron chi connectivity index (χ2n) is 8.08. The SMILES string of the molecule is COc1ccc(-c2cnc(-c3ccnc(CN(Cc4ccccn4)Cc4ccccn4)c3)o2)cc1. The number of hydrogen-bond donors (Lipinski definition) is 0. The number of nitrogens with zero attached hydrogens (tertiary/aromatic N) is 5. The molecule has 174 valence electrons. The van der Waals surface area contributed by atoms with Gasteiger partial charge in [-0.05, 0) is 60.7 Å². The number of oxazole rings is 1. The summed E-state index contributed by atoms with van der Waals surface area (Å²) in [5, 5.41) is 0.